The Balaban J connectivity index is 2.90. The predicted molar refractivity (Wildman–Crippen MR) is 67.4 cm³/mol. The van der Waals surface area contributed by atoms with Crippen LogP contribution in [0.4, 0.5) is 0 Å². The normalized spacial score (nSPS) is 13.6. The summed E-state index contributed by atoms with van der Waals surface area (Å²) in [5.41, 5.74) is 13.0. The molecule has 0 aliphatic heterocycles. The molecule has 3 heteroatoms. The number of hydrogen-bond acceptors (Lipinski definition) is 3. The molecule has 1 aromatic carbocycles. The van der Waals surface area contributed by atoms with Crippen molar-refractivity contribution in [1.82, 2.24) is 0 Å². The van der Waals surface area contributed by atoms with Gasteiger partial charge in [-0.25, -0.2) is 0 Å². The van der Waals surface area contributed by atoms with E-state index in [4.69, 9.17) is 16.2 Å². The Labute approximate surface area is 97.8 Å². The number of hydrogen-bond donors (Lipinski definition) is 2. The molecule has 90 valence electrons. The lowest BCUT2D eigenvalue weighted by molar-refractivity contribution is 0.270. The van der Waals surface area contributed by atoms with Crippen LogP contribution >= 0.6 is 0 Å². The van der Waals surface area contributed by atoms with Gasteiger partial charge in [0.25, 0.3) is 0 Å². The molecule has 0 aromatic heterocycles. The van der Waals surface area contributed by atoms with E-state index in [1.807, 2.05) is 24.3 Å². The van der Waals surface area contributed by atoms with Crippen molar-refractivity contribution in [2.24, 2.45) is 16.9 Å². The average molecular weight is 222 g/mol. The number of ether oxygens (including phenoxy) is 1. The first-order valence-electron chi connectivity index (χ1n) is 5.61. The van der Waals surface area contributed by atoms with Gasteiger partial charge in [-0.2, -0.15) is 0 Å². The smallest absolute Gasteiger partial charge is 0.119 e. The first-order chi connectivity index (χ1) is 7.51. The second-order valence-corrected chi connectivity index (χ2v) is 4.78. The van der Waals surface area contributed by atoms with E-state index in [0.29, 0.717) is 6.54 Å². The summed E-state index contributed by atoms with van der Waals surface area (Å²) in [7, 11) is 1.66. The lowest BCUT2D eigenvalue weighted by Gasteiger charge is -2.31. The molecule has 1 unspecified atom stereocenters. The molecule has 0 saturated carbocycles. The Morgan fingerprint density at radius 1 is 1.38 bits per heavy atom. The fourth-order valence-corrected chi connectivity index (χ4v) is 1.81. The third-order valence-electron chi connectivity index (χ3n) is 3.08. The highest BCUT2D eigenvalue weighted by Gasteiger charge is 2.26. The summed E-state index contributed by atoms with van der Waals surface area (Å²) in [4.78, 5) is 0. The van der Waals surface area contributed by atoms with Crippen LogP contribution in [0.5, 0.6) is 5.75 Å². The quantitative estimate of drug-likeness (QED) is 0.801. The van der Waals surface area contributed by atoms with Crippen molar-refractivity contribution in [1.29, 1.82) is 0 Å². The summed E-state index contributed by atoms with van der Waals surface area (Å²) in [5.74, 6) is 0.844. The largest absolute Gasteiger partial charge is 0.497 e. The van der Waals surface area contributed by atoms with Gasteiger partial charge in [0.15, 0.2) is 0 Å². The zero-order chi connectivity index (χ0) is 12.2. The maximum atomic E-state index is 6.27. The molecular formula is C13H22N2O. The predicted octanol–water partition coefficient (Wildman–Crippen LogP) is 2.07. The van der Waals surface area contributed by atoms with Crippen LogP contribution in [0.2, 0.25) is 0 Å². The molecule has 0 bridgehead atoms. The van der Waals surface area contributed by atoms with Crippen molar-refractivity contribution in [3.63, 3.8) is 0 Å². The van der Waals surface area contributed by atoms with Gasteiger partial charge >= 0.3 is 0 Å². The van der Waals surface area contributed by atoms with Gasteiger partial charge in [0.1, 0.15) is 5.75 Å². The maximum Gasteiger partial charge on any atom is 0.119 e. The number of methoxy groups -OCH3 is 1. The van der Waals surface area contributed by atoms with Gasteiger partial charge in [-0.05, 0) is 36.1 Å². The molecule has 1 aromatic rings. The van der Waals surface area contributed by atoms with Crippen molar-refractivity contribution in [2.75, 3.05) is 13.7 Å². The highest BCUT2D eigenvalue weighted by molar-refractivity contribution is 5.31. The molecule has 0 aliphatic rings. The van der Waals surface area contributed by atoms with E-state index in [-0.39, 0.29) is 11.5 Å². The summed E-state index contributed by atoms with van der Waals surface area (Å²) < 4.78 is 5.20. The van der Waals surface area contributed by atoms with E-state index < -0.39 is 0 Å². The Bertz CT molecular complexity index is 336. The van der Waals surface area contributed by atoms with Gasteiger partial charge in [0.05, 0.1) is 7.11 Å². The molecular weight excluding hydrogens is 200 g/mol. The average Bonchev–Trinajstić information content (AvgIpc) is 2.28. The third-order valence-corrected chi connectivity index (χ3v) is 3.08. The first-order valence-corrected chi connectivity index (χ1v) is 5.61. The minimum atomic E-state index is -0.0221. The van der Waals surface area contributed by atoms with Crippen LogP contribution < -0.4 is 16.2 Å². The molecule has 0 saturated heterocycles. The SMILES string of the molecule is COc1cccc(C(N)C(C)(C)CCN)c1. The molecule has 1 rings (SSSR count). The number of benzene rings is 1. The van der Waals surface area contributed by atoms with Crippen molar-refractivity contribution in [3.8, 4) is 5.75 Å². The van der Waals surface area contributed by atoms with Gasteiger partial charge < -0.3 is 16.2 Å². The van der Waals surface area contributed by atoms with Crippen LogP contribution in [0.15, 0.2) is 24.3 Å². The number of rotatable bonds is 5. The maximum absolute atomic E-state index is 6.27. The second-order valence-electron chi connectivity index (χ2n) is 4.78. The van der Waals surface area contributed by atoms with Crippen molar-refractivity contribution in [2.45, 2.75) is 26.3 Å². The Kier molecular flexibility index (Phi) is 4.33. The molecule has 0 spiro atoms. The van der Waals surface area contributed by atoms with Crippen LogP contribution in [0, 0.1) is 5.41 Å². The summed E-state index contributed by atoms with van der Waals surface area (Å²) in [5, 5.41) is 0. The molecule has 3 nitrogen and oxygen atoms in total. The standard InChI is InChI=1S/C13H22N2O/c1-13(2,7-8-14)12(15)10-5-4-6-11(9-10)16-3/h4-6,9,12H,7-8,14-15H2,1-3H3. The third kappa shape index (κ3) is 2.97. The van der Waals surface area contributed by atoms with Gasteiger partial charge in [-0.15, -0.1) is 0 Å². The summed E-state index contributed by atoms with van der Waals surface area (Å²) >= 11 is 0. The second kappa shape index (κ2) is 5.32. The fourth-order valence-electron chi connectivity index (χ4n) is 1.81. The van der Waals surface area contributed by atoms with E-state index in [0.717, 1.165) is 17.7 Å². The van der Waals surface area contributed by atoms with Crippen LogP contribution in [0.25, 0.3) is 0 Å². The van der Waals surface area contributed by atoms with Gasteiger partial charge in [-0.3, -0.25) is 0 Å². The van der Waals surface area contributed by atoms with E-state index >= 15 is 0 Å². The Morgan fingerprint density at radius 2 is 2.06 bits per heavy atom. The summed E-state index contributed by atoms with van der Waals surface area (Å²) in [6, 6.07) is 7.89. The van der Waals surface area contributed by atoms with Crippen LogP contribution in [-0.2, 0) is 0 Å². The molecule has 0 amide bonds. The molecule has 0 fully saturated rings. The molecule has 1 atom stereocenters. The summed E-state index contributed by atoms with van der Waals surface area (Å²) in [6.07, 6.45) is 0.908. The highest BCUT2D eigenvalue weighted by atomic mass is 16.5. The molecule has 0 radical (unpaired) electrons. The van der Waals surface area contributed by atoms with Crippen molar-refractivity contribution >= 4 is 0 Å². The summed E-state index contributed by atoms with van der Waals surface area (Å²) in [6.45, 7) is 4.94. The van der Waals surface area contributed by atoms with Gasteiger partial charge in [0.2, 0.25) is 0 Å². The van der Waals surface area contributed by atoms with Gasteiger partial charge in [-0.1, -0.05) is 26.0 Å². The van der Waals surface area contributed by atoms with Crippen molar-refractivity contribution in [3.05, 3.63) is 29.8 Å². The molecule has 4 N–H and O–H groups in total. The van der Waals surface area contributed by atoms with Crippen LogP contribution in [0.3, 0.4) is 0 Å². The zero-order valence-corrected chi connectivity index (χ0v) is 10.4. The lowest BCUT2D eigenvalue weighted by atomic mass is 9.78. The van der Waals surface area contributed by atoms with Gasteiger partial charge in [0, 0.05) is 6.04 Å². The van der Waals surface area contributed by atoms with E-state index in [2.05, 4.69) is 13.8 Å². The van der Waals surface area contributed by atoms with Crippen LogP contribution in [0.1, 0.15) is 31.9 Å². The Morgan fingerprint density at radius 3 is 2.62 bits per heavy atom. The molecule has 0 heterocycles. The molecule has 16 heavy (non-hydrogen) atoms. The lowest BCUT2D eigenvalue weighted by Crippen LogP contribution is -2.31. The van der Waals surface area contributed by atoms with Crippen LogP contribution in [-0.4, -0.2) is 13.7 Å². The van der Waals surface area contributed by atoms with E-state index in [1.165, 1.54) is 0 Å². The van der Waals surface area contributed by atoms with E-state index in [1.54, 1.807) is 7.11 Å². The minimum absolute atomic E-state index is 0.00111. The van der Waals surface area contributed by atoms with E-state index in [9.17, 15) is 0 Å². The topological polar surface area (TPSA) is 61.3 Å². The number of nitrogens with two attached hydrogens (primary N) is 2. The minimum Gasteiger partial charge on any atom is -0.497 e. The zero-order valence-electron chi connectivity index (χ0n) is 10.4. The highest BCUT2D eigenvalue weighted by Crippen LogP contribution is 2.34. The first kappa shape index (κ1) is 13.0. The fraction of sp³-hybridized carbons (Fsp3) is 0.538. The monoisotopic (exact) mass is 222 g/mol. The molecule has 0 aliphatic carbocycles. The van der Waals surface area contributed by atoms with Crippen molar-refractivity contribution < 1.29 is 4.74 Å². The Hall–Kier alpha value is -1.06.